The van der Waals surface area contributed by atoms with Crippen LogP contribution in [0.2, 0.25) is 0 Å². The van der Waals surface area contributed by atoms with E-state index in [1.807, 2.05) is 25.1 Å². The van der Waals surface area contributed by atoms with Crippen molar-refractivity contribution >= 4 is 21.6 Å². The lowest BCUT2D eigenvalue weighted by Crippen LogP contribution is -2.27. The molecule has 0 aliphatic rings. The number of carbonyl (C=O) groups is 1. The second-order valence-electron chi connectivity index (χ2n) is 6.23. The largest absolute Gasteiger partial charge is 0.352 e. The van der Waals surface area contributed by atoms with E-state index in [0.29, 0.717) is 23.4 Å². The molecule has 2 rings (SSSR count). The zero-order valence-corrected chi connectivity index (χ0v) is 16.1. The van der Waals surface area contributed by atoms with Gasteiger partial charge in [0, 0.05) is 17.8 Å². The highest BCUT2D eigenvalue weighted by atomic mass is 32.2. The summed E-state index contributed by atoms with van der Waals surface area (Å²) in [4.78, 5) is 14.2. The number of nitrogens with zero attached hydrogens (tertiary/aromatic N) is 2. The van der Waals surface area contributed by atoms with E-state index in [1.165, 1.54) is 48.5 Å². The number of nitriles is 1. The van der Waals surface area contributed by atoms with Crippen LogP contribution < -0.4 is 10.0 Å². The molecule has 7 nitrogen and oxygen atoms in total. The van der Waals surface area contributed by atoms with E-state index < -0.39 is 10.0 Å². The zero-order valence-electron chi connectivity index (χ0n) is 15.3. The predicted molar refractivity (Wildman–Crippen MR) is 104 cm³/mol. The van der Waals surface area contributed by atoms with Crippen molar-refractivity contribution in [1.29, 1.82) is 5.26 Å². The maximum atomic E-state index is 12.4. The van der Waals surface area contributed by atoms with Gasteiger partial charge in [-0.2, -0.15) is 5.26 Å². The molecule has 0 saturated heterocycles. The van der Waals surface area contributed by atoms with E-state index in [-0.39, 0.29) is 10.8 Å². The van der Waals surface area contributed by atoms with Gasteiger partial charge in [0.2, 0.25) is 0 Å². The van der Waals surface area contributed by atoms with Gasteiger partial charge < -0.3 is 10.2 Å². The quantitative estimate of drug-likeness (QED) is 0.676. The summed E-state index contributed by atoms with van der Waals surface area (Å²) < 4.78 is 27.3. The Hall–Kier alpha value is -2.89. The highest BCUT2D eigenvalue weighted by molar-refractivity contribution is 7.92. The van der Waals surface area contributed by atoms with Crippen LogP contribution in [0.15, 0.2) is 53.4 Å². The van der Waals surface area contributed by atoms with Crippen LogP contribution in [0.5, 0.6) is 0 Å². The molecule has 0 aliphatic heterocycles. The summed E-state index contributed by atoms with van der Waals surface area (Å²) in [5, 5.41) is 11.6. The van der Waals surface area contributed by atoms with Crippen molar-refractivity contribution in [2.24, 2.45) is 0 Å². The van der Waals surface area contributed by atoms with Crippen molar-refractivity contribution in [3.05, 3.63) is 59.7 Å². The number of amides is 1. The Bertz CT molecular complexity index is 915. The Labute approximate surface area is 159 Å². The third-order valence-corrected chi connectivity index (χ3v) is 5.16. The zero-order chi connectivity index (χ0) is 19.9. The second-order valence-corrected chi connectivity index (χ2v) is 7.91. The molecule has 0 unspecified atom stereocenters. The lowest BCUT2D eigenvalue weighted by Gasteiger charge is -2.11. The monoisotopic (exact) mass is 386 g/mol. The molecule has 0 atom stereocenters. The average molecular weight is 386 g/mol. The van der Waals surface area contributed by atoms with Gasteiger partial charge in [-0.25, -0.2) is 8.42 Å². The van der Waals surface area contributed by atoms with Crippen LogP contribution in [-0.2, 0) is 10.0 Å². The smallest absolute Gasteiger partial charge is 0.261 e. The lowest BCUT2D eigenvalue weighted by molar-refractivity contribution is 0.0952. The molecule has 2 aromatic carbocycles. The summed E-state index contributed by atoms with van der Waals surface area (Å²) in [5.41, 5.74) is 1.20. The van der Waals surface area contributed by atoms with E-state index in [4.69, 9.17) is 5.26 Å². The Morgan fingerprint density at radius 1 is 1.07 bits per heavy atom. The van der Waals surface area contributed by atoms with Crippen LogP contribution in [0.4, 0.5) is 5.69 Å². The predicted octanol–water partition coefficient (Wildman–Crippen LogP) is 2.04. The van der Waals surface area contributed by atoms with Gasteiger partial charge in [0.25, 0.3) is 15.9 Å². The first-order valence-electron chi connectivity index (χ1n) is 8.38. The third kappa shape index (κ3) is 6.09. The van der Waals surface area contributed by atoms with Gasteiger partial charge in [0.05, 0.1) is 16.5 Å². The minimum absolute atomic E-state index is 0.0519. The van der Waals surface area contributed by atoms with Crippen molar-refractivity contribution in [2.45, 2.75) is 11.3 Å². The highest BCUT2D eigenvalue weighted by Gasteiger charge is 2.15. The average Bonchev–Trinajstić information content (AvgIpc) is 2.65. The molecule has 0 saturated carbocycles. The number of rotatable bonds is 8. The molecular formula is C19H22N4O3S. The minimum Gasteiger partial charge on any atom is -0.352 e. The van der Waals surface area contributed by atoms with E-state index >= 15 is 0 Å². The Morgan fingerprint density at radius 3 is 2.26 bits per heavy atom. The molecule has 0 bridgehead atoms. The molecule has 0 heterocycles. The van der Waals surface area contributed by atoms with E-state index in [0.717, 1.165) is 13.0 Å². The van der Waals surface area contributed by atoms with E-state index in [9.17, 15) is 13.2 Å². The third-order valence-electron chi connectivity index (χ3n) is 3.76. The number of hydrogen-bond acceptors (Lipinski definition) is 5. The molecule has 1 amide bonds. The number of anilines is 1. The van der Waals surface area contributed by atoms with Gasteiger partial charge in [0.1, 0.15) is 0 Å². The van der Waals surface area contributed by atoms with E-state index in [2.05, 4.69) is 10.0 Å². The van der Waals surface area contributed by atoms with Gasteiger partial charge in [-0.3, -0.25) is 9.52 Å². The maximum absolute atomic E-state index is 12.4. The first-order valence-corrected chi connectivity index (χ1v) is 9.86. The highest BCUT2D eigenvalue weighted by Crippen LogP contribution is 2.17. The van der Waals surface area contributed by atoms with Crippen LogP contribution in [0.1, 0.15) is 22.3 Å². The van der Waals surface area contributed by atoms with Crippen molar-refractivity contribution in [1.82, 2.24) is 10.2 Å². The summed E-state index contributed by atoms with van der Waals surface area (Å²) >= 11 is 0. The van der Waals surface area contributed by atoms with Gasteiger partial charge in [-0.05, 0) is 75.6 Å². The Morgan fingerprint density at radius 2 is 1.70 bits per heavy atom. The van der Waals surface area contributed by atoms with Crippen LogP contribution in [0.3, 0.4) is 0 Å². The first-order chi connectivity index (χ1) is 12.8. The Balaban J connectivity index is 2.00. The topological polar surface area (TPSA) is 102 Å². The minimum atomic E-state index is -3.78. The molecule has 0 fully saturated rings. The SMILES string of the molecule is CN(C)CCCNC(=O)c1ccc(S(=O)(=O)Nc2ccc(C#N)cc2)cc1. The van der Waals surface area contributed by atoms with Crippen LogP contribution >= 0.6 is 0 Å². The van der Waals surface area contributed by atoms with Crippen molar-refractivity contribution in [3.63, 3.8) is 0 Å². The van der Waals surface area contributed by atoms with E-state index in [1.54, 1.807) is 0 Å². The van der Waals surface area contributed by atoms with Crippen LogP contribution in [0, 0.1) is 11.3 Å². The number of benzene rings is 2. The fourth-order valence-corrected chi connectivity index (χ4v) is 3.37. The summed E-state index contributed by atoms with van der Waals surface area (Å²) in [6, 6.07) is 13.8. The summed E-state index contributed by atoms with van der Waals surface area (Å²) in [7, 11) is 0.154. The van der Waals surface area contributed by atoms with Crippen molar-refractivity contribution in [3.8, 4) is 6.07 Å². The van der Waals surface area contributed by atoms with Gasteiger partial charge in [-0.15, -0.1) is 0 Å². The van der Waals surface area contributed by atoms with Gasteiger partial charge in [0.15, 0.2) is 0 Å². The first kappa shape index (κ1) is 20.4. The molecular weight excluding hydrogens is 364 g/mol. The molecule has 142 valence electrons. The molecule has 27 heavy (non-hydrogen) atoms. The number of carbonyl (C=O) groups excluding carboxylic acids is 1. The molecule has 0 radical (unpaired) electrons. The van der Waals surface area contributed by atoms with Gasteiger partial charge in [-0.1, -0.05) is 0 Å². The molecule has 8 heteroatoms. The summed E-state index contributed by atoms with van der Waals surface area (Å²) in [6.45, 7) is 1.43. The fraction of sp³-hybridized carbons (Fsp3) is 0.263. The molecule has 0 aliphatic carbocycles. The maximum Gasteiger partial charge on any atom is 0.261 e. The van der Waals surface area contributed by atoms with Crippen LogP contribution in [-0.4, -0.2) is 46.4 Å². The fourth-order valence-electron chi connectivity index (χ4n) is 2.31. The van der Waals surface area contributed by atoms with Gasteiger partial charge >= 0.3 is 0 Å². The number of sulfonamides is 1. The standard InChI is InChI=1S/C19H22N4O3S/c1-23(2)13-3-12-21-19(24)16-6-10-18(11-7-16)27(25,26)22-17-8-4-15(14-20)5-9-17/h4-11,22H,3,12-13H2,1-2H3,(H,21,24). The van der Waals surface area contributed by atoms with Crippen molar-refractivity contribution in [2.75, 3.05) is 31.9 Å². The van der Waals surface area contributed by atoms with Crippen molar-refractivity contribution < 1.29 is 13.2 Å². The molecule has 0 spiro atoms. The Kier molecular flexibility index (Phi) is 6.93. The summed E-state index contributed by atoms with van der Waals surface area (Å²) in [6.07, 6.45) is 0.833. The number of nitrogens with one attached hydrogen (secondary N) is 2. The molecule has 2 aromatic rings. The number of hydrogen-bond donors (Lipinski definition) is 2. The normalized spacial score (nSPS) is 11.0. The van der Waals surface area contributed by atoms with Crippen LogP contribution in [0.25, 0.3) is 0 Å². The lowest BCUT2D eigenvalue weighted by atomic mass is 10.2. The second kappa shape index (κ2) is 9.16. The molecule has 0 aromatic heterocycles. The summed E-state index contributed by atoms with van der Waals surface area (Å²) in [5.74, 6) is -0.238. The molecule has 2 N–H and O–H groups in total.